The second-order valence-electron chi connectivity index (χ2n) is 6.47. The topological polar surface area (TPSA) is 34.1 Å². The number of alkyl halides is 2. The molecule has 114 valence electrons. The molecule has 0 heterocycles. The Balaban J connectivity index is 3.41. The van der Waals surface area contributed by atoms with Crippen LogP contribution in [0.2, 0.25) is 0 Å². The smallest absolute Gasteiger partial charge is 0.217 e. The van der Waals surface area contributed by atoms with Gasteiger partial charge in [0, 0.05) is 5.92 Å². The number of rotatable bonds is 4. The second-order valence-corrected chi connectivity index (χ2v) is 8.49. The van der Waals surface area contributed by atoms with Crippen LogP contribution in [-0.2, 0) is 9.84 Å². The van der Waals surface area contributed by atoms with Gasteiger partial charge in [0.05, 0.1) is 4.90 Å². The number of hydrogen-bond acceptors (Lipinski definition) is 2. The lowest BCUT2D eigenvalue weighted by Crippen LogP contribution is -2.46. The maximum atomic E-state index is 14.7. The number of halogens is 2. The van der Waals surface area contributed by atoms with Gasteiger partial charge in [0.2, 0.25) is 9.84 Å². The normalized spacial score (nSPS) is 15.4. The highest BCUT2D eigenvalue weighted by Crippen LogP contribution is 2.47. The lowest BCUT2D eigenvalue weighted by Gasteiger charge is -2.39. The molecule has 0 aliphatic rings. The fourth-order valence-corrected chi connectivity index (χ4v) is 4.61. The predicted molar refractivity (Wildman–Crippen MR) is 76.4 cm³/mol. The van der Waals surface area contributed by atoms with Crippen molar-refractivity contribution in [2.45, 2.75) is 44.8 Å². The Labute approximate surface area is 120 Å². The van der Waals surface area contributed by atoms with Gasteiger partial charge in [0.1, 0.15) is 0 Å². The molecule has 1 aromatic carbocycles. The Kier molecular flexibility index (Phi) is 4.64. The maximum absolute atomic E-state index is 14.7. The fourth-order valence-electron chi connectivity index (χ4n) is 2.82. The molecule has 0 aliphatic heterocycles. The third-order valence-corrected chi connectivity index (χ3v) is 5.24. The number of sulfone groups is 1. The highest BCUT2D eigenvalue weighted by atomic mass is 32.2. The summed E-state index contributed by atoms with van der Waals surface area (Å²) in [5, 5.41) is -3.80. The van der Waals surface area contributed by atoms with Gasteiger partial charge in [-0.2, -0.15) is 8.78 Å². The van der Waals surface area contributed by atoms with Gasteiger partial charge < -0.3 is 0 Å². The molecule has 0 amide bonds. The van der Waals surface area contributed by atoms with Crippen molar-refractivity contribution < 1.29 is 17.2 Å². The quantitative estimate of drug-likeness (QED) is 0.827. The van der Waals surface area contributed by atoms with E-state index in [-0.39, 0.29) is 4.90 Å². The molecule has 0 fully saturated rings. The zero-order valence-corrected chi connectivity index (χ0v) is 13.3. The van der Waals surface area contributed by atoms with E-state index >= 15 is 0 Å². The Morgan fingerprint density at radius 1 is 1.00 bits per heavy atom. The molecule has 2 nitrogen and oxygen atoms in total. The molecule has 0 aromatic heterocycles. The molecule has 1 aromatic rings. The Hall–Kier alpha value is -0.970. The largest absolute Gasteiger partial charge is 0.353 e. The molecule has 20 heavy (non-hydrogen) atoms. The van der Waals surface area contributed by atoms with Gasteiger partial charge in [-0.3, -0.25) is 0 Å². The Morgan fingerprint density at radius 3 is 1.80 bits per heavy atom. The van der Waals surface area contributed by atoms with Crippen molar-refractivity contribution in [2.75, 3.05) is 0 Å². The summed E-state index contributed by atoms with van der Waals surface area (Å²) in [5.41, 5.74) is -0.820. The zero-order valence-electron chi connectivity index (χ0n) is 12.5. The molecule has 1 atom stereocenters. The van der Waals surface area contributed by atoms with E-state index < -0.39 is 32.3 Å². The van der Waals surface area contributed by atoms with E-state index in [1.807, 2.05) is 0 Å². The van der Waals surface area contributed by atoms with E-state index in [2.05, 4.69) is 0 Å². The minimum absolute atomic E-state index is 0.333. The van der Waals surface area contributed by atoms with Crippen LogP contribution in [0.15, 0.2) is 35.2 Å². The van der Waals surface area contributed by atoms with E-state index in [4.69, 9.17) is 0 Å². The number of benzene rings is 1. The van der Waals surface area contributed by atoms with Crippen molar-refractivity contribution in [3.8, 4) is 0 Å². The van der Waals surface area contributed by atoms with Crippen LogP contribution < -0.4 is 0 Å². The van der Waals surface area contributed by atoms with Crippen LogP contribution in [0.1, 0.15) is 34.6 Å². The number of hydrogen-bond donors (Lipinski definition) is 0. The van der Waals surface area contributed by atoms with Crippen LogP contribution in [-0.4, -0.2) is 13.7 Å². The summed E-state index contributed by atoms with van der Waals surface area (Å²) in [7, 11) is -4.70. The Morgan fingerprint density at radius 2 is 1.45 bits per heavy atom. The lowest BCUT2D eigenvalue weighted by atomic mass is 9.74. The SMILES string of the molecule is CC(C)C(C(C)(C)C)C(F)(F)S(=O)(=O)c1ccccc1. The second kappa shape index (κ2) is 5.43. The maximum Gasteiger partial charge on any atom is 0.353 e. The third kappa shape index (κ3) is 3.03. The van der Waals surface area contributed by atoms with Gasteiger partial charge in [-0.25, -0.2) is 8.42 Å². The Bertz CT molecular complexity index is 543. The predicted octanol–water partition coefficient (Wildman–Crippen LogP) is 4.37. The summed E-state index contributed by atoms with van der Waals surface area (Å²) in [4.78, 5) is -0.333. The average Bonchev–Trinajstić information content (AvgIpc) is 2.26. The zero-order chi connectivity index (χ0) is 15.8. The third-order valence-electron chi connectivity index (χ3n) is 3.37. The van der Waals surface area contributed by atoms with Crippen LogP contribution in [0, 0.1) is 17.3 Å². The molecular formula is C15H22F2O2S. The van der Waals surface area contributed by atoms with E-state index in [9.17, 15) is 17.2 Å². The monoisotopic (exact) mass is 304 g/mol. The molecule has 1 rings (SSSR count). The van der Waals surface area contributed by atoms with Crippen LogP contribution in [0.5, 0.6) is 0 Å². The molecule has 0 saturated heterocycles. The van der Waals surface area contributed by atoms with Crippen LogP contribution in [0.4, 0.5) is 8.78 Å². The molecule has 0 saturated carbocycles. The van der Waals surface area contributed by atoms with E-state index in [1.54, 1.807) is 40.7 Å². The molecule has 0 spiro atoms. The van der Waals surface area contributed by atoms with Gasteiger partial charge in [-0.15, -0.1) is 0 Å². The first-order chi connectivity index (χ1) is 8.92. The van der Waals surface area contributed by atoms with Gasteiger partial charge in [0.15, 0.2) is 0 Å². The summed E-state index contributed by atoms with van der Waals surface area (Å²) >= 11 is 0. The van der Waals surface area contributed by atoms with Crippen molar-refractivity contribution in [1.29, 1.82) is 0 Å². The van der Waals surface area contributed by atoms with Crippen molar-refractivity contribution >= 4 is 9.84 Å². The van der Waals surface area contributed by atoms with Crippen LogP contribution in [0.3, 0.4) is 0 Å². The van der Waals surface area contributed by atoms with Crippen LogP contribution >= 0.6 is 0 Å². The highest BCUT2D eigenvalue weighted by Gasteiger charge is 2.57. The van der Waals surface area contributed by atoms with Gasteiger partial charge in [-0.1, -0.05) is 52.8 Å². The summed E-state index contributed by atoms with van der Waals surface area (Å²) in [6.45, 7) is 8.19. The van der Waals surface area contributed by atoms with Crippen molar-refractivity contribution in [2.24, 2.45) is 17.3 Å². The average molecular weight is 304 g/mol. The first-order valence-corrected chi connectivity index (χ1v) is 8.08. The molecule has 1 unspecified atom stereocenters. The van der Waals surface area contributed by atoms with E-state index in [1.165, 1.54) is 24.3 Å². The summed E-state index contributed by atoms with van der Waals surface area (Å²) in [6, 6.07) is 6.92. The van der Waals surface area contributed by atoms with E-state index in [0.717, 1.165) is 0 Å². The summed E-state index contributed by atoms with van der Waals surface area (Å²) < 4.78 is 54.0. The van der Waals surface area contributed by atoms with Gasteiger partial charge in [-0.05, 0) is 23.5 Å². The molecular weight excluding hydrogens is 282 g/mol. The summed E-state index contributed by atoms with van der Waals surface area (Å²) in [6.07, 6.45) is 0. The first kappa shape index (κ1) is 17.1. The van der Waals surface area contributed by atoms with Gasteiger partial charge in [0.25, 0.3) is 0 Å². The standard InChI is InChI=1S/C15H22F2O2S/c1-11(2)13(14(3,4)5)15(16,17)20(18,19)12-9-7-6-8-10-12/h6-11,13H,1-5H3. The van der Waals surface area contributed by atoms with Gasteiger partial charge >= 0.3 is 5.25 Å². The van der Waals surface area contributed by atoms with E-state index in [0.29, 0.717) is 0 Å². The van der Waals surface area contributed by atoms with Crippen molar-refractivity contribution in [1.82, 2.24) is 0 Å². The lowest BCUT2D eigenvalue weighted by molar-refractivity contribution is -0.0494. The fraction of sp³-hybridized carbons (Fsp3) is 0.600. The molecule has 5 heteroatoms. The minimum Gasteiger partial charge on any atom is -0.217 e. The minimum atomic E-state index is -4.70. The molecule has 0 N–H and O–H groups in total. The van der Waals surface area contributed by atoms with Crippen molar-refractivity contribution in [3.05, 3.63) is 30.3 Å². The molecule has 0 bridgehead atoms. The summed E-state index contributed by atoms with van der Waals surface area (Å²) in [5.74, 6) is -1.72. The van der Waals surface area contributed by atoms with Crippen molar-refractivity contribution in [3.63, 3.8) is 0 Å². The van der Waals surface area contributed by atoms with Crippen LogP contribution in [0.25, 0.3) is 0 Å². The molecule has 0 aliphatic carbocycles. The molecule has 0 radical (unpaired) electrons. The highest BCUT2D eigenvalue weighted by molar-refractivity contribution is 7.92. The first-order valence-electron chi connectivity index (χ1n) is 6.60.